The lowest BCUT2D eigenvalue weighted by Gasteiger charge is -2.35. The fourth-order valence-electron chi connectivity index (χ4n) is 4.42. The van der Waals surface area contributed by atoms with Crippen molar-refractivity contribution >= 4 is 0 Å². The van der Waals surface area contributed by atoms with Crippen LogP contribution in [0.5, 0.6) is 0 Å². The largest absolute Gasteiger partial charge is 0.317 e. The van der Waals surface area contributed by atoms with Crippen molar-refractivity contribution in [3.05, 3.63) is 0 Å². The first-order valence-corrected chi connectivity index (χ1v) is 10.9. The van der Waals surface area contributed by atoms with Gasteiger partial charge in [-0.05, 0) is 56.5 Å². The average Bonchev–Trinajstić information content (AvgIpc) is 2.55. The minimum absolute atomic E-state index is 0.625. The fraction of sp³-hybridized carbons (Fsp3) is 1.00. The molecule has 0 aromatic heterocycles. The van der Waals surface area contributed by atoms with Crippen LogP contribution in [0.3, 0.4) is 0 Å². The Morgan fingerprint density at radius 1 is 0.739 bits per heavy atom. The van der Waals surface area contributed by atoms with E-state index in [0.717, 1.165) is 5.92 Å². The van der Waals surface area contributed by atoms with Crippen molar-refractivity contribution in [1.29, 1.82) is 0 Å². The number of piperidine rings is 1. The van der Waals surface area contributed by atoms with E-state index >= 15 is 0 Å². The van der Waals surface area contributed by atoms with Crippen LogP contribution in [-0.4, -0.2) is 13.1 Å². The van der Waals surface area contributed by atoms with E-state index in [9.17, 15) is 0 Å². The molecule has 0 spiro atoms. The van der Waals surface area contributed by atoms with Crippen LogP contribution in [0.2, 0.25) is 0 Å². The first-order valence-electron chi connectivity index (χ1n) is 10.9. The van der Waals surface area contributed by atoms with Crippen molar-refractivity contribution in [3.8, 4) is 0 Å². The molecule has 1 aliphatic heterocycles. The number of hydrogen-bond donors (Lipinski definition) is 1. The van der Waals surface area contributed by atoms with Crippen LogP contribution < -0.4 is 5.32 Å². The van der Waals surface area contributed by atoms with Crippen molar-refractivity contribution in [2.24, 2.45) is 11.3 Å². The monoisotopic (exact) mass is 323 g/mol. The number of unbranched alkanes of at least 4 members (excludes halogenated alkanes) is 8. The summed E-state index contributed by atoms with van der Waals surface area (Å²) in [5.41, 5.74) is 0.625. The standard InChI is InChI=1S/C22H45N/c1-4-6-8-10-12-16-22(3,17-13-11-9-7-5-2)20-21-14-18-23-19-15-21/h21,23H,4-20H2,1-3H3. The maximum atomic E-state index is 3.53. The minimum atomic E-state index is 0.625. The van der Waals surface area contributed by atoms with E-state index in [-0.39, 0.29) is 0 Å². The minimum Gasteiger partial charge on any atom is -0.317 e. The first kappa shape index (κ1) is 21.0. The normalized spacial score (nSPS) is 16.8. The maximum absolute atomic E-state index is 3.53. The number of nitrogens with one attached hydrogen (secondary N) is 1. The molecule has 1 heterocycles. The lowest BCUT2D eigenvalue weighted by Crippen LogP contribution is -2.31. The summed E-state index contributed by atoms with van der Waals surface area (Å²) in [6.45, 7) is 9.77. The van der Waals surface area contributed by atoms with Crippen LogP contribution in [0.15, 0.2) is 0 Å². The van der Waals surface area contributed by atoms with E-state index in [2.05, 4.69) is 26.1 Å². The molecule has 0 unspecified atom stereocenters. The summed E-state index contributed by atoms with van der Waals surface area (Å²) >= 11 is 0. The third-order valence-electron chi connectivity index (χ3n) is 6.01. The van der Waals surface area contributed by atoms with Gasteiger partial charge in [-0.3, -0.25) is 0 Å². The Morgan fingerprint density at radius 3 is 1.70 bits per heavy atom. The van der Waals surface area contributed by atoms with Gasteiger partial charge in [-0.25, -0.2) is 0 Å². The van der Waals surface area contributed by atoms with Gasteiger partial charge < -0.3 is 5.32 Å². The Labute approximate surface area is 147 Å². The molecule has 1 rings (SSSR count). The third kappa shape index (κ3) is 10.4. The summed E-state index contributed by atoms with van der Waals surface area (Å²) < 4.78 is 0. The Hall–Kier alpha value is -0.0400. The Bertz CT molecular complexity index is 241. The number of rotatable bonds is 14. The molecule has 0 amide bonds. The van der Waals surface area contributed by atoms with E-state index in [4.69, 9.17) is 0 Å². The molecule has 1 N–H and O–H groups in total. The van der Waals surface area contributed by atoms with Crippen LogP contribution in [0, 0.1) is 11.3 Å². The Morgan fingerprint density at radius 2 is 1.22 bits per heavy atom. The summed E-state index contributed by atoms with van der Waals surface area (Å²) in [5.74, 6) is 0.993. The van der Waals surface area contributed by atoms with Crippen molar-refractivity contribution in [2.75, 3.05) is 13.1 Å². The summed E-state index contributed by atoms with van der Waals surface area (Å²) in [6, 6.07) is 0. The van der Waals surface area contributed by atoms with Crippen LogP contribution in [0.25, 0.3) is 0 Å². The smallest absolute Gasteiger partial charge is 0.00463 e. The molecule has 1 heteroatoms. The highest BCUT2D eigenvalue weighted by Crippen LogP contribution is 2.39. The summed E-state index contributed by atoms with van der Waals surface area (Å²) in [4.78, 5) is 0. The highest BCUT2D eigenvalue weighted by molar-refractivity contribution is 4.81. The van der Waals surface area contributed by atoms with E-state index in [1.54, 1.807) is 0 Å². The average molecular weight is 324 g/mol. The molecule has 1 fully saturated rings. The van der Waals surface area contributed by atoms with Gasteiger partial charge in [0.1, 0.15) is 0 Å². The van der Waals surface area contributed by atoms with E-state index in [1.807, 2.05) is 0 Å². The quantitative estimate of drug-likeness (QED) is 0.336. The van der Waals surface area contributed by atoms with Crippen molar-refractivity contribution in [1.82, 2.24) is 5.32 Å². The van der Waals surface area contributed by atoms with Crippen molar-refractivity contribution in [2.45, 2.75) is 117 Å². The molecule has 138 valence electrons. The van der Waals surface area contributed by atoms with E-state index in [0.29, 0.717) is 5.41 Å². The van der Waals surface area contributed by atoms with Crippen molar-refractivity contribution < 1.29 is 0 Å². The van der Waals surface area contributed by atoms with E-state index < -0.39 is 0 Å². The van der Waals surface area contributed by atoms with Gasteiger partial charge in [0.05, 0.1) is 0 Å². The predicted molar refractivity (Wildman–Crippen MR) is 105 cm³/mol. The predicted octanol–water partition coefficient (Wildman–Crippen LogP) is 7.10. The van der Waals surface area contributed by atoms with Gasteiger partial charge in [-0.1, -0.05) is 85.0 Å². The summed E-state index contributed by atoms with van der Waals surface area (Å²) in [7, 11) is 0. The SMILES string of the molecule is CCCCCCCC(C)(CCCCCCC)CC1CCNCC1. The fourth-order valence-corrected chi connectivity index (χ4v) is 4.42. The molecular weight excluding hydrogens is 278 g/mol. The summed E-state index contributed by atoms with van der Waals surface area (Å²) in [5, 5.41) is 3.53. The molecule has 0 aromatic carbocycles. The molecule has 1 saturated heterocycles. The highest BCUT2D eigenvalue weighted by atomic mass is 14.9. The summed E-state index contributed by atoms with van der Waals surface area (Å²) in [6.07, 6.45) is 21.7. The van der Waals surface area contributed by atoms with Gasteiger partial charge in [0, 0.05) is 0 Å². The second-order valence-electron chi connectivity index (χ2n) is 8.54. The van der Waals surface area contributed by atoms with Gasteiger partial charge in [-0.2, -0.15) is 0 Å². The Kier molecular flexibility index (Phi) is 12.1. The molecule has 0 atom stereocenters. The second-order valence-corrected chi connectivity index (χ2v) is 8.54. The van der Waals surface area contributed by atoms with Crippen LogP contribution >= 0.6 is 0 Å². The van der Waals surface area contributed by atoms with Gasteiger partial charge in [0.2, 0.25) is 0 Å². The maximum Gasteiger partial charge on any atom is -0.00463 e. The molecule has 23 heavy (non-hydrogen) atoms. The van der Waals surface area contributed by atoms with Crippen LogP contribution in [0.1, 0.15) is 117 Å². The Balaban J connectivity index is 2.34. The molecule has 0 bridgehead atoms. The molecular formula is C22H45N. The van der Waals surface area contributed by atoms with Gasteiger partial charge in [0.15, 0.2) is 0 Å². The molecule has 1 aliphatic rings. The first-order chi connectivity index (χ1) is 11.2. The molecule has 0 radical (unpaired) electrons. The number of hydrogen-bond acceptors (Lipinski definition) is 1. The lowest BCUT2D eigenvalue weighted by atomic mass is 9.71. The van der Waals surface area contributed by atoms with Crippen LogP contribution in [-0.2, 0) is 0 Å². The molecule has 1 nitrogen and oxygen atoms in total. The molecule has 0 aromatic rings. The lowest BCUT2D eigenvalue weighted by molar-refractivity contribution is 0.170. The molecule has 0 saturated carbocycles. The van der Waals surface area contributed by atoms with Crippen molar-refractivity contribution in [3.63, 3.8) is 0 Å². The topological polar surface area (TPSA) is 12.0 Å². The van der Waals surface area contributed by atoms with Gasteiger partial charge >= 0.3 is 0 Å². The molecule has 0 aliphatic carbocycles. The van der Waals surface area contributed by atoms with Gasteiger partial charge in [-0.15, -0.1) is 0 Å². The third-order valence-corrected chi connectivity index (χ3v) is 6.01. The van der Waals surface area contributed by atoms with Crippen LogP contribution in [0.4, 0.5) is 0 Å². The zero-order valence-electron chi connectivity index (χ0n) is 16.6. The van der Waals surface area contributed by atoms with E-state index in [1.165, 1.54) is 109 Å². The zero-order chi connectivity index (χ0) is 16.8. The second kappa shape index (κ2) is 13.3. The van der Waals surface area contributed by atoms with Gasteiger partial charge in [0.25, 0.3) is 0 Å². The highest BCUT2D eigenvalue weighted by Gasteiger charge is 2.28. The zero-order valence-corrected chi connectivity index (χ0v) is 16.6.